The molecule has 0 radical (unpaired) electrons. The normalized spacial score (nSPS) is 16.9. The van der Waals surface area contributed by atoms with Crippen molar-refractivity contribution in [2.45, 2.75) is 38.6 Å². The lowest BCUT2D eigenvalue weighted by Gasteiger charge is -2.32. The average molecular weight is 374 g/mol. The molecule has 0 saturated carbocycles. The van der Waals surface area contributed by atoms with E-state index in [9.17, 15) is 4.79 Å². The molecule has 5 heteroatoms. The van der Waals surface area contributed by atoms with Gasteiger partial charge in [0, 0.05) is 34.2 Å². The van der Waals surface area contributed by atoms with Crippen LogP contribution in [-0.2, 0) is 0 Å². The van der Waals surface area contributed by atoms with Crippen LogP contribution in [0.25, 0.3) is 0 Å². The van der Waals surface area contributed by atoms with Crippen LogP contribution >= 0.6 is 27.5 Å². The fourth-order valence-corrected chi connectivity index (χ4v) is 3.50. The molecule has 2 rings (SSSR count). The molecule has 1 heterocycles. The Hall–Kier alpha value is -0.580. The molecular weight excluding hydrogens is 352 g/mol. The Morgan fingerprint density at radius 2 is 2.10 bits per heavy atom. The van der Waals surface area contributed by atoms with Gasteiger partial charge in [-0.3, -0.25) is 4.79 Å². The third kappa shape index (κ3) is 5.28. The van der Waals surface area contributed by atoms with Crippen molar-refractivity contribution in [1.29, 1.82) is 0 Å². The van der Waals surface area contributed by atoms with E-state index in [0.29, 0.717) is 10.6 Å². The fourth-order valence-electron chi connectivity index (χ4n) is 2.64. The topological polar surface area (TPSA) is 32.3 Å². The van der Waals surface area contributed by atoms with Crippen molar-refractivity contribution < 1.29 is 4.79 Å². The van der Waals surface area contributed by atoms with Crippen LogP contribution < -0.4 is 5.32 Å². The first kappa shape index (κ1) is 16.8. The molecule has 0 atom stereocenters. The number of amides is 1. The first-order valence-corrected chi connectivity index (χ1v) is 8.75. The molecule has 0 bridgehead atoms. The molecule has 116 valence electrons. The number of unbranched alkanes of at least 4 members (excludes halogenated alkanes) is 1. The average Bonchev–Trinajstić information content (AvgIpc) is 2.45. The summed E-state index contributed by atoms with van der Waals surface area (Å²) in [5, 5.41) is 3.69. The Morgan fingerprint density at radius 1 is 1.38 bits per heavy atom. The summed E-state index contributed by atoms with van der Waals surface area (Å²) in [5.41, 5.74) is 0.614. The third-order valence-electron chi connectivity index (χ3n) is 3.88. The lowest BCUT2D eigenvalue weighted by Crippen LogP contribution is -2.44. The molecule has 1 aliphatic rings. The molecule has 1 saturated heterocycles. The minimum atomic E-state index is -0.0368. The molecule has 1 fully saturated rings. The quantitative estimate of drug-likeness (QED) is 0.843. The van der Waals surface area contributed by atoms with Crippen molar-refractivity contribution in [2.75, 3.05) is 19.6 Å². The minimum absolute atomic E-state index is 0.0368. The lowest BCUT2D eigenvalue weighted by molar-refractivity contribution is 0.0910. The molecule has 3 nitrogen and oxygen atoms in total. The maximum atomic E-state index is 12.3. The van der Waals surface area contributed by atoms with Crippen LogP contribution in [0.15, 0.2) is 22.7 Å². The van der Waals surface area contributed by atoms with E-state index in [0.717, 1.165) is 30.4 Å². The standard InChI is InChI=1S/C16H22BrClN2O/c1-2-3-6-20-7-4-15(5-8-20)19-16(21)12-9-13(17)11-14(18)10-12/h9-11,15H,2-8H2,1H3,(H,19,21). The van der Waals surface area contributed by atoms with Crippen LogP contribution in [-0.4, -0.2) is 36.5 Å². The van der Waals surface area contributed by atoms with Gasteiger partial charge in [0.2, 0.25) is 0 Å². The number of hydrogen-bond donors (Lipinski definition) is 1. The van der Waals surface area contributed by atoms with E-state index in [2.05, 4.69) is 33.1 Å². The Labute approximate surface area is 140 Å². The predicted octanol–water partition coefficient (Wildman–Crippen LogP) is 4.10. The van der Waals surface area contributed by atoms with Gasteiger partial charge in [-0.2, -0.15) is 0 Å². The number of carbonyl (C=O) groups is 1. The number of hydrogen-bond acceptors (Lipinski definition) is 2. The zero-order valence-electron chi connectivity index (χ0n) is 12.4. The van der Waals surface area contributed by atoms with Gasteiger partial charge >= 0.3 is 0 Å². The number of carbonyl (C=O) groups excluding carboxylic acids is 1. The summed E-state index contributed by atoms with van der Waals surface area (Å²) in [6, 6.07) is 5.56. The largest absolute Gasteiger partial charge is 0.349 e. The van der Waals surface area contributed by atoms with Gasteiger partial charge in [0.1, 0.15) is 0 Å². The predicted molar refractivity (Wildman–Crippen MR) is 91.0 cm³/mol. The number of nitrogens with one attached hydrogen (secondary N) is 1. The monoisotopic (exact) mass is 372 g/mol. The first-order valence-electron chi connectivity index (χ1n) is 7.58. The second-order valence-electron chi connectivity index (χ2n) is 5.60. The summed E-state index contributed by atoms with van der Waals surface area (Å²) in [4.78, 5) is 14.8. The smallest absolute Gasteiger partial charge is 0.251 e. The molecule has 1 amide bonds. The SMILES string of the molecule is CCCCN1CCC(NC(=O)c2cc(Cl)cc(Br)c2)CC1. The number of rotatable bonds is 5. The Bertz CT molecular complexity index is 467. The first-order chi connectivity index (χ1) is 10.1. The van der Waals surface area contributed by atoms with Crippen molar-refractivity contribution in [2.24, 2.45) is 0 Å². The van der Waals surface area contributed by atoms with E-state index in [4.69, 9.17) is 11.6 Å². The van der Waals surface area contributed by atoms with Crippen molar-refractivity contribution in [3.8, 4) is 0 Å². The molecule has 0 aliphatic carbocycles. The van der Waals surface area contributed by atoms with Gasteiger partial charge in [-0.1, -0.05) is 40.9 Å². The van der Waals surface area contributed by atoms with Gasteiger partial charge in [-0.05, 0) is 44.0 Å². The molecule has 0 unspecified atom stereocenters. The lowest BCUT2D eigenvalue weighted by atomic mass is 10.0. The second kappa shape index (κ2) is 8.16. The van der Waals surface area contributed by atoms with Gasteiger partial charge in [0.15, 0.2) is 0 Å². The molecule has 1 N–H and O–H groups in total. The van der Waals surface area contributed by atoms with Crippen molar-refractivity contribution in [3.63, 3.8) is 0 Å². The molecule has 1 aromatic carbocycles. The molecule has 1 aromatic rings. The number of halogens is 2. The summed E-state index contributed by atoms with van der Waals surface area (Å²) >= 11 is 9.36. The van der Waals surface area contributed by atoms with Gasteiger partial charge < -0.3 is 10.2 Å². The molecular formula is C16H22BrClN2O. The summed E-state index contributed by atoms with van der Waals surface area (Å²) in [6.45, 7) is 5.54. The minimum Gasteiger partial charge on any atom is -0.349 e. The van der Waals surface area contributed by atoms with E-state index in [1.165, 1.54) is 19.4 Å². The van der Waals surface area contributed by atoms with E-state index >= 15 is 0 Å². The maximum Gasteiger partial charge on any atom is 0.251 e. The molecule has 0 spiro atoms. The third-order valence-corrected chi connectivity index (χ3v) is 4.55. The van der Waals surface area contributed by atoms with Crippen LogP contribution in [0.3, 0.4) is 0 Å². The van der Waals surface area contributed by atoms with E-state index < -0.39 is 0 Å². The van der Waals surface area contributed by atoms with Crippen molar-refractivity contribution in [3.05, 3.63) is 33.3 Å². The van der Waals surface area contributed by atoms with Crippen molar-refractivity contribution >= 4 is 33.4 Å². The number of benzene rings is 1. The number of nitrogens with zero attached hydrogens (tertiary/aromatic N) is 1. The zero-order chi connectivity index (χ0) is 15.2. The Kier molecular flexibility index (Phi) is 6.52. The molecule has 21 heavy (non-hydrogen) atoms. The number of piperidine rings is 1. The highest BCUT2D eigenvalue weighted by molar-refractivity contribution is 9.10. The summed E-state index contributed by atoms with van der Waals surface area (Å²) in [7, 11) is 0. The highest BCUT2D eigenvalue weighted by Gasteiger charge is 2.20. The van der Waals surface area contributed by atoms with Gasteiger partial charge in [0.25, 0.3) is 5.91 Å². The van der Waals surface area contributed by atoms with E-state index in [1.807, 2.05) is 0 Å². The second-order valence-corrected chi connectivity index (χ2v) is 6.95. The molecule has 1 aliphatic heterocycles. The molecule has 0 aromatic heterocycles. The van der Waals surface area contributed by atoms with Gasteiger partial charge in [-0.15, -0.1) is 0 Å². The summed E-state index contributed by atoms with van der Waals surface area (Å²) < 4.78 is 0.828. The Balaban J connectivity index is 1.84. The zero-order valence-corrected chi connectivity index (χ0v) is 14.7. The van der Waals surface area contributed by atoms with Gasteiger partial charge in [-0.25, -0.2) is 0 Å². The van der Waals surface area contributed by atoms with Gasteiger partial charge in [0.05, 0.1) is 0 Å². The highest BCUT2D eigenvalue weighted by Crippen LogP contribution is 2.20. The fraction of sp³-hybridized carbons (Fsp3) is 0.562. The maximum absolute atomic E-state index is 12.3. The van der Waals surface area contributed by atoms with E-state index in [1.54, 1.807) is 18.2 Å². The van der Waals surface area contributed by atoms with Crippen LogP contribution in [0.5, 0.6) is 0 Å². The summed E-state index contributed by atoms with van der Waals surface area (Å²) in [6.07, 6.45) is 4.54. The van der Waals surface area contributed by atoms with Crippen LogP contribution in [0.1, 0.15) is 43.0 Å². The van der Waals surface area contributed by atoms with E-state index in [-0.39, 0.29) is 11.9 Å². The van der Waals surface area contributed by atoms with Crippen LogP contribution in [0.2, 0.25) is 5.02 Å². The highest BCUT2D eigenvalue weighted by atomic mass is 79.9. The van der Waals surface area contributed by atoms with Crippen molar-refractivity contribution in [1.82, 2.24) is 10.2 Å². The Morgan fingerprint density at radius 3 is 2.71 bits per heavy atom. The van der Waals surface area contributed by atoms with Crippen LogP contribution in [0, 0.1) is 0 Å². The van der Waals surface area contributed by atoms with Crippen LogP contribution in [0.4, 0.5) is 0 Å². The summed E-state index contributed by atoms with van der Waals surface area (Å²) in [5.74, 6) is -0.0368. The number of likely N-dealkylation sites (tertiary alicyclic amines) is 1.